The summed E-state index contributed by atoms with van der Waals surface area (Å²) in [6.07, 6.45) is 0.485. The molecule has 2 N–H and O–H groups in total. The van der Waals surface area contributed by atoms with Crippen molar-refractivity contribution in [3.63, 3.8) is 0 Å². The van der Waals surface area contributed by atoms with E-state index in [1.165, 1.54) is 17.0 Å². The summed E-state index contributed by atoms with van der Waals surface area (Å²) >= 11 is 0. The first-order valence-corrected chi connectivity index (χ1v) is 9.04. The molecule has 3 atom stereocenters. The first-order valence-electron chi connectivity index (χ1n) is 9.04. The van der Waals surface area contributed by atoms with E-state index in [2.05, 4.69) is 10.6 Å². The van der Waals surface area contributed by atoms with Gasteiger partial charge in [-0.25, -0.2) is 9.18 Å². The zero-order chi connectivity index (χ0) is 19.5. The van der Waals surface area contributed by atoms with Crippen molar-refractivity contribution in [1.82, 2.24) is 15.5 Å². The van der Waals surface area contributed by atoms with Crippen LogP contribution in [0.25, 0.3) is 0 Å². The molecule has 0 aromatic heterocycles. The highest BCUT2D eigenvalue weighted by Crippen LogP contribution is 2.48. The topological polar surface area (TPSA) is 78.5 Å². The number of Topliss-reactive ketones (excluding diaryl/α,β-unsaturated/α-hetero) is 1. The minimum Gasteiger partial charge on any atom is -0.367 e. The van der Waals surface area contributed by atoms with E-state index in [-0.39, 0.29) is 17.0 Å². The fourth-order valence-electron chi connectivity index (χ4n) is 4.53. The van der Waals surface area contributed by atoms with Crippen molar-refractivity contribution in [2.24, 2.45) is 11.3 Å². The van der Waals surface area contributed by atoms with Crippen molar-refractivity contribution < 1.29 is 18.8 Å². The number of amides is 3. The number of halogens is 1. The van der Waals surface area contributed by atoms with Crippen molar-refractivity contribution in [1.29, 1.82) is 0 Å². The van der Waals surface area contributed by atoms with E-state index < -0.39 is 29.9 Å². The van der Waals surface area contributed by atoms with Crippen LogP contribution in [0.4, 0.5) is 9.18 Å². The molecule has 142 valence electrons. The van der Waals surface area contributed by atoms with Gasteiger partial charge in [0.15, 0.2) is 5.78 Å². The quantitative estimate of drug-likeness (QED) is 0.794. The number of carbonyl (C=O) groups excluding carboxylic acids is 3. The number of fused-ring (bicyclic) bond motifs is 1. The summed E-state index contributed by atoms with van der Waals surface area (Å²) in [6.45, 7) is 4.05. The predicted molar refractivity (Wildman–Crippen MR) is 95.9 cm³/mol. The van der Waals surface area contributed by atoms with E-state index in [1.807, 2.05) is 13.8 Å². The smallest absolute Gasteiger partial charge is 0.325 e. The van der Waals surface area contributed by atoms with Gasteiger partial charge in [-0.15, -0.1) is 0 Å². The van der Waals surface area contributed by atoms with Crippen LogP contribution >= 0.6 is 0 Å². The van der Waals surface area contributed by atoms with Crippen LogP contribution in [0.15, 0.2) is 35.5 Å². The summed E-state index contributed by atoms with van der Waals surface area (Å²) < 4.78 is 13.5. The van der Waals surface area contributed by atoms with Gasteiger partial charge in [0, 0.05) is 30.7 Å². The molecule has 27 heavy (non-hydrogen) atoms. The number of rotatable bonds is 1. The summed E-state index contributed by atoms with van der Waals surface area (Å²) in [6, 6.07) is 5.42. The SMILES string of the molecule is CN1C(=O)NC(=O)C2C(c3ccc(F)cc3)C3=C(CC(C)(C)CC3=O)NC21. The van der Waals surface area contributed by atoms with Crippen LogP contribution in [0.3, 0.4) is 0 Å². The second kappa shape index (κ2) is 5.90. The van der Waals surface area contributed by atoms with Crippen molar-refractivity contribution in [2.75, 3.05) is 7.05 Å². The standard InChI is InChI=1S/C20H22FN3O3/c1-20(2)8-12-15(13(25)9-20)14(10-4-6-11(21)7-5-10)16-17(22-12)24(3)19(27)23-18(16)26/h4-7,14,16-17,22H,8-9H2,1-3H3,(H,23,26,27). The summed E-state index contributed by atoms with van der Waals surface area (Å²) in [5.41, 5.74) is 1.86. The molecule has 2 heterocycles. The largest absolute Gasteiger partial charge is 0.367 e. The Morgan fingerprint density at radius 2 is 1.78 bits per heavy atom. The van der Waals surface area contributed by atoms with Crippen LogP contribution in [0.1, 0.15) is 38.2 Å². The lowest BCUT2D eigenvalue weighted by Crippen LogP contribution is -2.67. The molecule has 1 aromatic carbocycles. The van der Waals surface area contributed by atoms with Gasteiger partial charge in [-0.1, -0.05) is 26.0 Å². The normalized spacial score (nSPS) is 29.7. The van der Waals surface area contributed by atoms with Gasteiger partial charge in [0.1, 0.15) is 12.0 Å². The molecular formula is C20H22FN3O3. The highest BCUT2D eigenvalue weighted by Gasteiger charge is 2.52. The lowest BCUT2D eigenvalue weighted by Gasteiger charge is -2.49. The highest BCUT2D eigenvalue weighted by atomic mass is 19.1. The molecule has 6 nitrogen and oxygen atoms in total. The Morgan fingerprint density at radius 3 is 2.44 bits per heavy atom. The summed E-state index contributed by atoms with van der Waals surface area (Å²) in [5, 5.41) is 5.66. The van der Waals surface area contributed by atoms with E-state index >= 15 is 0 Å². The van der Waals surface area contributed by atoms with Gasteiger partial charge >= 0.3 is 6.03 Å². The van der Waals surface area contributed by atoms with Crippen LogP contribution in [-0.2, 0) is 9.59 Å². The Morgan fingerprint density at radius 1 is 1.11 bits per heavy atom. The Bertz CT molecular complexity index is 875. The summed E-state index contributed by atoms with van der Waals surface area (Å²) in [7, 11) is 1.62. The average molecular weight is 371 g/mol. The zero-order valence-electron chi connectivity index (χ0n) is 15.5. The zero-order valence-corrected chi connectivity index (χ0v) is 15.5. The van der Waals surface area contributed by atoms with E-state index in [0.29, 0.717) is 24.0 Å². The lowest BCUT2D eigenvalue weighted by atomic mass is 9.66. The number of nitrogens with zero attached hydrogens (tertiary/aromatic N) is 1. The maximum Gasteiger partial charge on any atom is 0.325 e. The molecule has 3 aliphatic rings. The molecule has 1 aromatic rings. The number of carbonyl (C=O) groups is 3. The van der Waals surface area contributed by atoms with E-state index in [1.54, 1.807) is 19.2 Å². The third-order valence-electron chi connectivity index (χ3n) is 5.75. The van der Waals surface area contributed by atoms with Crippen molar-refractivity contribution in [3.8, 4) is 0 Å². The van der Waals surface area contributed by atoms with Gasteiger partial charge in [0.25, 0.3) is 0 Å². The molecule has 2 aliphatic heterocycles. The van der Waals surface area contributed by atoms with Gasteiger partial charge < -0.3 is 10.2 Å². The highest BCUT2D eigenvalue weighted by molar-refractivity contribution is 6.04. The number of ketones is 1. The third kappa shape index (κ3) is 2.81. The van der Waals surface area contributed by atoms with Gasteiger partial charge in [-0.3, -0.25) is 14.9 Å². The fourth-order valence-corrected chi connectivity index (χ4v) is 4.53. The molecule has 7 heteroatoms. The lowest BCUT2D eigenvalue weighted by molar-refractivity contribution is -0.130. The molecule has 3 unspecified atom stereocenters. The van der Waals surface area contributed by atoms with Crippen molar-refractivity contribution in [2.45, 2.75) is 38.8 Å². The second-order valence-corrected chi connectivity index (χ2v) is 8.38. The maximum atomic E-state index is 13.5. The Kier molecular flexibility index (Phi) is 3.87. The van der Waals surface area contributed by atoms with Crippen LogP contribution in [0, 0.1) is 17.2 Å². The van der Waals surface area contributed by atoms with E-state index in [0.717, 1.165) is 5.70 Å². The Labute approximate surface area is 156 Å². The molecule has 1 saturated heterocycles. The molecule has 1 fully saturated rings. The number of nitrogens with one attached hydrogen (secondary N) is 2. The Hall–Kier alpha value is -2.70. The van der Waals surface area contributed by atoms with Crippen LogP contribution in [-0.4, -0.2) is 35.8 Å². The van der Waals surface area contributed by atoms with E-state index in [9.17, 15) is 18.8 Å². The number of hydrogen-bond acceptors (Lipinski definition) is 4. The molecule has 0 radical (unpaired) electrons. The number of benzene rings is 1. The van der Waals surface area contributed by atoms with Gasteiger partial charge in [-0.05, 0) is 29.5 Å². The number of allylic oxidation sites excluding steroid dienone is 2. The first kappa shape index (κ1) is 17.7. The molecule has 1 aliphatic carbocycles. The number of imide groups is 1. The van der Waals surface area contributed by atoms with Gasteiger partial charge in [0.05, 0.1) is 5.92 Å². The van der Waals surface area contributed by atoms with Crippen molar-refractivity contribution in [3.05, 3.63) is 46.9 Å². The summed E-state index contributed by atoms with van der Waals surface area (Å²) in [4.78, 5) is 39.4. The third-order valence-corrected chi connectivity index (χ3v) is 5.75. The van der Waals surface area contributed by atoms with E-state index in [4.69, 9.17) is 0 Å². The molecule has 0 bridgehead atoms. The Balaban J connectivity index is 1.90. The second-order valence-electron chi connectivity index (χ2n) is 8.38. The molecule has 0 spiro atoms. The molecular weight excluding hydrogens is 349 g/mol. The number of hydrogen-bond donors (Lipinski definition) is 2. The number of urea groups is 1. The van der Waals surface area contributed by atoms with Gasteiger partial charge in [0.2, 0.25) is 5.91 Å². The van der Waals surface area contributed by atoms with Crippen LogP contribution < -0.4 is 10.6 Å². The predicted octanol–water partition coefficient (Wildman–Crippen LogP) is 2.28. The maximum absolute atomic E-state index is 13.5. The van der Waals surface area contributed by atoms with Gasteiger partial charge in [-0.2, -0.15) is 0 Å². The van der Waals surface area contributed by atoms with Crippen molar-refractivity contribution >= 4 is 17.7 Å². The van der Waals surface area contributed by atoms with Crippen LogP contribution in [0.5, 0.6) is 0 Å². The molecule has 0 saturated carbocycles. The monoisotopic (exact) mass is 371 g/mol. The molecule has 3 amide bonds. The fraction of sp³-hybridized carbons (Fsp3) is 0.450. The minimum absolute atomic E-state index is 0.00567. The average Bonchev–Trinajstić information content (AvgIpc) is 2.57. The molecule has 4 rings (SSSR count). The summed E-state index contributed by atoms with van der Waals surface area (Å²) in [5.74, 6) is -1.99. The first-order chi connectivity index (χ1) is 12.7. The minimum atomic E-state index is -0.665. The van der Waals surface area contributed by atoms with Crippen LogP contribution in [0.2, 0.25) is 0 Å².